The molecule has 0 aromatic carbocycles. The molecule has 1 unspecified atom stereocenters. The zero-order valence-corrected chi connectivity index (χ0v) is 13.1. The van der Waals surface area contributed by atoms with Crippen LogP contribution in [-0.4, -0.2) is 51.7 Å². The van der Waals surface area contributed by atoms with Gasteiger partial charge in [0.15, 0.2) is 0 Å². The molecular weight excluding hydrogens is 280 g/mol. The first-order valence-electron chi connectivity index (χ1n) is 7.69. The number of nitrogens with zero attached hydrogens (tertiary/aromatic N) is 4. The van der Waals surface area contributed by atoms with Crippen molar-refractivity contribution in [2.45, 2.75) is 26.4 Å². The molecule has 2 aromatic rings. The Morgan fingerprint density at radius 1 is 1.32 bits per heavy atom. The lowest BCUT2D eigenvalue weighted by atomic mass is 10.2. The third kappa shape index (κ3) is 3.22. The molecule has 1 atom stereocenters. The van der Waals surface area contributed by atoms with Crippen molar-refractivity contribution in [1.82, 2.24) is 19.6 Å². The standard InChI is InChI=1S/C16H22N4O2/c1-13-5-6-20(17-13)14(2)16(21)19-9-7-18(8-10-19)12-15-4-3-11-22-15/h3-6,11,14H,7-10,12H2,1-2H3. The summed E-state index contributed by atoms with van der Waals surface area (Å²) in [5.74, 6) is 1.11. The normalized spacial score (nSPS) is 17.6. The monoisotopic (exact) mass is 302 g/mol. The van der Waals surface area contributed by atoms with Crippen molar-refractivity contribution in [2.24, 2.45) is 0 Å². The predicted octanol–water partition coefficient (Wildman–Crippen LogP) is 1.69. The van der Waals surface area contributed by atoms with Crippen LogP contribution in [0.3, 0.4) is 0 Å². The van der Waals surface area contributed by atoms with Gasteiger partial charge in [-0.25, -0.2) is 0 Å². The SMILES string of the molecule is Cc1ccn(C(C)C(=O)N2CCN(Cc3ccco3)CC2)n1. The molecule has 1 saturated heterocycles. The Hall–Kier alpha value is -2.08. The third-order valence-electron chi connectivity index (χ3n) is 4.14. The van der Waals surface area contributed by atoms with Gasteiger partial charge in [0.25, 0.3) is 0 Å². The van der Waals surface area contributed by atoms with E-state index in [4.69, 9.17) is 4.42 Å². The van der Waals surface area contributed by atoms with Crippen molar-refractivity contribution in [3.8, 4) is 0 Å². The van der Waals surface area contributed by atoms with Gasteiger partial charge in [0.1, 0.15) is 11.8 Å². The summed E-state index contributed by atoms with van der Waals surface area (Å²) < 4.78 is 7.12. The van der Waals surface area contributed by atoms with Gasteiger partial charge in [-0.2, -0.15) is 5.10 Å². The number of piperazine rings is 1. The van der Waals surface area contributed by atoms with E-state index in [9.17, 15) is 4.79 Å². The molecule has 1 aliphatic rings. The second-order valence-corrected chi connectivity index (χ2v) is 5.79. The van der Waals surface area contributed by atoms with Crippen LogP contribution in [0.25, 0.3) is 0 Å². The summed E-state index contributed by atoms with van der Waals surface area (Å²) in [7, 11) is 0. The lowest BCUT2D eigenvalue weighted by molar-refractivity contribution is -0.136. The summed E-state index contributed by atoms with van der Waals surface area (Å²) in [5, 5.41) is 4.34. The average molecular weight is 302 g/mol. The Balaban J connectivity index is 1.53. The summed E-state index contributed by atoms with van der Waals surface area (Å²) >= 11 is 0. The third-order valence-corrected chi connectivity index (χ3v) is 4.14. The van der Waals surface area contributed by atoms with Crippen LogP contribution >= 0.6 is 0 Å². The number of carbonyl (C=O) groups is 1. The molecule has 1 amide bonds. The molecule has 0 aliphatic carbocycles. The van der Waals surface area contributed by atoms with E-state index in [0.717, 1.165) is 44.2 Å². The number of amides is 1. The smallest absolute Gasteiger partial charge is 0.247 e. The lowest BCUT2D eigenvalue weighted by Gasteiger charge is -2.35. The van der Waals surface area contributed by atoms with Crippen molar-refractivity contribution in [3.63, 3.8) is 0 Å². The van der Waals surface area contributed by atoms with E-state index >= 15 is 0 Å². The zero-order valence-electron chi connectivity index (χ0n) is 13.1. The first-order chi connectivity index (χ1) is 10.6. The average Bonchev–Trinajstić information content (AvgIpc) is 3.18. The van der Waals surface area contributed by atoms with Crippen LogP contribution in [0.5, 0.6) is 0 Å². The van der Waals surface area contributed by atoms with Gasteiger partial charge in [-0.1, -0.05) is 0 Å². The minimum absolute atomic E-state index is 0.140. The number of hydrogen-bond acceptors (Lipinski definition) is 4. The number of furan rings is 1. The van der Waals surface area contributed by atoms with Gasteiger partial charge in [0, 0.05) is 32.4 Å². The van der Waals surface area contributed by atoms with Gasteiger partial charge in [-0.05, 0) is 32.0 Å². The van der Waals surface area contributed by atoms with Gasteiger partial charge in [-0.15, -0.1) is 0 Å². The van der Waals surface area contributed by atoms with Crippen LogP contribution in [0.1, 0.15) is 24.4 Å². The Bertz CT molecular complexity index is 612. The first kappa shape index (κ1) is 14.8. The van der Waals surface area contributed by atoms with E-state index in [1.807, 2.05) is 43.1 Å². The summed E-state index contributed by atoms with van der Waals surface area (Å²) in [6, 6.07) is 5.57. The fourth-order valence-electron chi connectivity index (χ4n) is 2.78. The largest absolute Gasteiger partial charge is 0.468 e. The quantitative estimate of drug-likeness (QED) is 0.862. The molecule has 6 heteroatoms. The molecule has 1 aliphatic heterocycles. The van der Waals surface area contributed by atoms with Crippen molar-refractivity contribution in [3.05, 3.63) is 42.1 Å². The number of hydrogen-bond donors (Lipinski definition) is 0. The topological polar surface area (TPSA) is 54.5 Å². The highest BCUT2D eigenvalue weighted by Gasteiger charge is 2.26. The molecule has 0 bridgehead atoms. The molecular formula is C16H22N4O2. The molecule has 1 fully saturated rings. The van der Waals surface area contributed by atoms with Gasteiger partial charge in [0.2, 0.25) is 5.91 Å². The zero-order chi connectivity index (χ0) is 15.5. The van der Waals surface area contributed by atoms with Gasteiger partial charge >= 0.3 is 0 Å². The van der Waals surface area contributed by atoms with Crippen molar-refractivity contribution in [1.29, 1.82) is 0 Å². The van der Waals surface area contributed by atoms with Crippen LogP contribution in [0.2, 0.25) is 0 Å². The van der Waals surface area contributed by atoms with Crippen LogP contribution in [0.15, 0.2) is 35.1 Å². The molecule has 118 valence electrons. The minimum Gasteiger partial charge on any atom is -0.468 e. The number of rotatable bonds is 4. The van der Waals surface area contributed by atoms with Crippen LogP contribution in [0, 0.1) is 6.92 Å². The minimum atomic E-state index is -0.245. The van der Waals surface area contributed by atoms with Crippen LogP contribution in [0.4, 0.5) is 0 Å². The molecule has 0 N–H and O–H groups in total. The van der Waals surface area contributed by atoms with Gasteiger partial charge < -0.3 is 9.32 Å². The summed E-state index contributed by atoms with van der Waals surface area (Å²) in [4.78, 5) is 16.8. The molecule has 0 saturated carbocycles. The number of aryl methyl sites for hydroxylation is 1. The fraction of sp³-hybridized carbons (Fsp3) is 0.500. The van der Waals surface area contributed by atoms with Crippen LogP contribution in [-0.2, 0) is 11.3 Å². The maximum atomic E-state index is 12.6. The van der Waals surface area contributed by atoms with Crippen molar-refractivity contribution >= 4 is 5.91 Å². The van der Waals surface area contributed by atoms with E-state index in [1.54, 1.807) is 10.9 Å². The Kier molecular flexibility index (Phi) is 4.29. The Morgan fingerprint density at radius 2 is 2.09 bits per heavy atom. The summed E-state index contributed by atoms with van der Waals surface area (Å²) in [6.45, 7) is 7.90. The molecule has 0 spiro atoms. The van der Waals surface area contributed by atoms with Crippen molar-refractivity contribution in [2.75, 3.05) is 26.2 Å². The first-order valence-corrected chi connectivity index (χ1v) is 7.69. The van der Waals surface area contributed by atoms with E-state index in [2.05, 4.69) is 10.00 Å². The molecule has 3 heterocycles. The Labute approximate surface area is 130 Å². The second kappa shape index (κ2) is 6.36. The highest BCUT2D eigenvalue weighted by atomic mass is 16.3. The number of carbonyl (C=O) groups excluding carboxylic acids is 1. The van der Waals surface area contributed by atoms with E-state index < -0.39 is 0 Å². The number of aromatic nitrogens is 2. The van der Waals surface area contributed by atoms with Crippen molar-refractivity contribution < 1.29 is 9.21 Å². The summed E-state index contributed by atoms with van der Waals surface area (Å²) in [5.41, 5.74) is 0.933. The predicted molar refractivity (Wildman–Crippen MR) is 82.2 cm³/mol. The maximum Gasteiger partial charge on any atom is 0.247 e. The summed E-state index contributed by atoms with van der Waals surface area (Å²) in [6.07, 6.45) is 3.56. The van der Waals surface area contributed by atoms with Crippen LogP contribution < -0.4 is 0 Å². The highest BCUT2D eigenvalue weighted by molar-refractivity contribution is 5.80. The van der Waals surface area contributed by atoms with Gasteiger partial charge in [-0.3, -0.25) is 14.4 Å². The maximum absolute atomic E-state index is 12.6. The van der Waals surface area contributed by atoms with E-state index in [0.29, 0.717) is 0 Å². The van der Waals surface area contributed by atoms with E-state index in [-0.39, 0.29) is 11.9 Å². The fourth-order valence-corrected chi connectivity index (χ4v) is 2.78. The van der Waals surface area contributed by atoms with E-state index in [1.165, 1.54) is 0 Å². The molecule has 3 rings (SSSR count). The molecule has 2 aromatic heterocycles. The van der Waals surface area contributed by atoms with Gasteiger partial charge in [0.05, 0.1) is 18.5 Å². The molecule has 0 radical (unpaired) electrons. The second-order valence-electron chi connectivity index (χ2n) is 5.79. The lowest BCUT2D eigenvalue weighted by Crippen LogP contribution is -2.49. The molecule has 22 heavy (non-hydrogen) atoms. The molecule has 6 nitrogen and oxygen atoms in total. The Morgan fingerprint density at radius 3 is 2.68 bits per heavy atom. The highest BCUT2D eigenvalue weighted by Crippen LogP contribution is 2.14.